The molecule has 1 aliphatic rings. The number of rotatable bonds is 4. The standard InChI is InChI=1S/C8H18O7P2.2Na.2H/c1-7(4-2-3-5-7)6-8(9,16(10,11)12)17(13,14)15;;;;/h9H,2-6H2,1H3,(H2,10,11,12)(H2,13,14,15);;;;/q;2*+1;2*-1. The summed E-state index contributed by atoms with van der Waals surface area (Å²) in [4.78, 5) is 36.1. The van der Waals surface area contributed by atoms with Crippen molar-refractivity contribution < 1.29 is 95.8 Å². The number of hydrogen-bond donors (Lipinski definition) is 5. The van der Waals surface area contributed by atoms with E-state index in [2.05, 4.69) is 0 Å². The molecule has 0 unspecified atom stereocenters. The Morgan fingerprint density at radius 3 is 1.63 bits per heavy atom. The van der Waals surface area contributed by atoms with Gasteiger partial charge in [0.15, 0.2) is 0 Å². The molecule has 11 heteroatoms. The van der Waals surface area contributed by atoms with Gasteiger partial charge in [-0.1, -0.05) is 19.8 Å². The number of hydrogen-bond acceptors (Lipinski definition) is 3. The first-order valence-corrected chi connectivity index (χ1v) is 8.47. The third-order valence-electron chi connectivity index (χ3n) is 3.41. The van der Waals surface area contributed by atoms with Crippen LogP contribution in [-0.4, -0.2) is 29.8 Å². The van der Waals surface area contributed by atoms with E-state index in [1.807, 2.05) is 0 Å². The van der Waals surface area contributed by atoms with Crippen LogP contribution in [0.25, 0.3) is 0 Å². The molecule has 1 saturated carbocycles. The Morgan fingerprint density at radius 2 is 1.37 bits per heavy atom. The van der Waals surface area contributed by atoms with E-state index in [9.17, 15) is 14.2 Å². The minimum Gasteiger partial charge on any atom is -1.00 e. The molecule has 0 radical (unpaired) electrons. The van der Waals surface area contributed by atoms with E-state index in [0.717, 1.165) is 12.8 Å². The normalized spacial score (nSPS) is 19.5. The van der Waals surface area contributed by atoms with Gasteiger partial charge in [0.2, 0.25) is 0 Å². The maximum absolute atomic E-state index is 11.2. The Balaban J connectivity index is -0.000000361. The van der Waals surface area contributed by atoms with Gasteiger partial charge in [-0.25, -0.2) is 0 Å². The smallest absolute Gasteiger partial charge is 1.00 e. The molecule has 1 fully saturated rings. The number of aliphatic hydroxyl groups is 1. The van der Waals surface area contributed by atoms with Crippen molar-refractivity contribution in [1.29, 1.82) is 0 Å². The van der Waals surface area contributed by atoms with Gasteiger partial charge in [-0.15, -0.1) is 0 Å². The van der Waals surface area contributed by atoms with Crippen molar-refractivity contribution in [3.05, 3.63) is 0 Å². The van der Waals surface area contributed by atoms with E-state index in [0.29, 0.717) is 12.8 Å². The molecule has 0 saturated heterocycles. The molecule has 5 N–H and O–H groups in total. The summed E-state index contributed by atoms with van der Waals surface area (Å²) in [7, 11) is -10.6. The van der Waals surface area contributed by atoms with Gasteiger partial charge in [-0.2, -0.15) is 0 Å². The Hall–Kier alpha value is 2.26. The molecule has 0 spiro atoms. The second-order valence-electron chi connectivity index (χ2n) is 5.06. The minimum atomic E-state index is -5.31. The second kappa shape index (κ2) is 7.69. The van der Waals surface area contributed by atoms with Crippen LogP contribution < -0.4 is 59.1 Å². The average Bonchev–Trinajstić information content (AvgIpc) is 2.47. The molecule has 106 valence electrons. The Morgan fingerprint density at radius 1 is 1.05 bits per heavy atom. The van der Waals surface area contributed by atoms with Gasteiger partial charge in [0.25, 0.3) is 5.08 Å². The van der Waals surface area contributed by atoms with Crippen molar-refractivity contribution in [2.45, 2.75) is 44.1 Å². The third-order valence-corrected chi connectivity index (χ3v) is 7.15. The zero-order chi connectivity index (χ0) is 13.5. The predicted molar refractivity (Wildman–Crippen MR) is 62.5 cm³/mol. The van der Waals surface area contributed by atoms with Crippen LogP contribution in [0.3, 0.4) is 0 Å². The zero-order valence-corrected chi connectivity index (χ0v) is 17.3. The maximum atomic E-state index is 11.2. The van der Waals surface area contributed by atoms with Crippen LogP contribution in [0, 0.1) is 5.41 Å². The van der Waals surface area contributed by atoms with Crippen LogP contribution in [0.5, 0.6) is 0 Å². The first-order valence-electron chi connectivity index (χ1n) is 5.25. The van der Waals surface area contributed by atoms with Crippen LogP contribution in [0.4, 0.5) is 0 Å². The summed E-state index contributed by atoms with van der Waals surface area (Å²) in [5.74, 6) is 0. The predicted octanol–water partition coefficient (Wildman–Crippen LogP) is -4.81. The van der Waals surface area contributed by atoms with Gasteiger partial charge in [0.1, 0.15) is 0 Å². The molecule has 0 bridgehead atoms. The van der Waals surface area contributed by atoms with Gasteiger partial charge >= 0.3 is 74.3 Å². The minimum absolute atomic E-state index is 0. The molecule has 0 aromatic heterocycles. The van der Waals surface area contributed by atoms with Crippen LogP contribution in [0.15, 0.2) is 0 Å². The van der Waals surface area contributed by atoms with Crippen molar-refractivity contribution in [2.75, 3.05) is 0 Å². The van der Waals surface area contributed by atoms with E-state index < -0.39 is 32.1 Å². The molecule has 0 aliphatic heterocycles. The topological polar surface area (TPSA) is 135 Å². The fourth-order valence-electron chi connectivity index (χ4n) is 2.35. The van der Waals surface area contributed by atoms with Crippen molar-refractivity contribution in [2.24, 2.45) is 5.41 Å². The van der Waals surface area contributed by atoms with Gasteiger partial charge in [0.05, 0.1) is 0 Å². The van der Waals surface area contributed by atoms with E-state index in [1.54, 1.807) is 6.92 Å². The molecule has 1 aliphatic carbocycles. The first-order chi connectivity index (χ1) is 7.41. The molecular weight excluding hydrogens is 316 g/mol. The summed E-state index contributed by atoms with van der Waals surface area (Å²) in [6.07, 6.45) is 2.25. The van der Waals surface area contributed by atoms with Crippen LogP contribution in [-0.2, 0) is 9.13 Å². The molecule has 1 rings (SSSR count). The van der Waals surface area contributed by atoms with Crippen LogP contribution in [0.2, 0.25) is 0 Å². The maximum Gasteiger partial charge on any atom is 1.00 e. The molecule has 0 aromatic rings. The van der Waals surface area contributed by atoms with Gasteiger partial charge in [-0.05, 0) is 18.3 Å². The monoisotopic (exact) mass is 336 g/mol. The Bertz CT molecular complexity index is 372. The SMILES string of the molecule is CC1(CC(O)(P(=O)(O)O)P(=O)(O)O)CCCC1.[H-].[H-].[Na+].[Na+]. The quantitative estimate of drug-likeness (QED) is 0.257. The van der Waals surface area contributed by atoms with E-state index in [4.69, 9.17) is 19.6 Å². The summed E-state index contributed by atoms with van der Waals surface area (Å²) in [5.41, 5.74) is -0.642. The summed E-state index contributed by atoms with van der Waals surface area (Å²) < 4.78 is 22.4. The fourth-order valence-corrected chi connectivity index (χ4v) is 4.89. The average molecular weight is 336 g/mol. The second-order valence-corrected chi connectivity index (χ2v) is 9.07. The summed E-state index contributed by atoms with van der Waals surface area (Å²) in [5, 5.41) is 6.52. The van der Waals surface area contributed by atoms with Crippen molar-refractivity contribution in [3.63, 3.8) is 0 Å². The summed E-state index contributed by atoms with van der Waals surface area (Å²) >= 11 is 0. The molecular formula is C8H20Na2O7P2. The van der Waals surface area contributed by atoms with E-state index in [1.165, 1.54) is 0 Å². The molecule has 0 atom stereocenters. The van der Waals surface area contributed by atoms with Crippen LogP contribution >= 0.6 is 15.2 Å². The third kappa shape index (κ3) is 5.43. The molecule has 7 nitrogen and oxygen atoms in total. The largest absolute Gasteiger partial charge is 1.00 e. The Kier molecular flexibility index (Phi) is 9.52. The molecule has 0 amide bonds. The Labute approximate surface area is 159 Å². The molecule has 0 aromatic carbocycles. The molecule has 0 heterocycles. The van der Waals surface area contributed by atoms with Crippen molar-refractivity contribution >= 4 is 15.2 Å². The summed E-state index contributed by atoms with van der Waals surface area (Å²) in [6.45, 7) is 1.68. The summed E-state index contributed by atoms with van der Waals surface area (Å²) in [6, 6.07) is 0. The molecule has 19 heavy (non-hydrogen) atoms. The van der Waals surface area contributed by atoms with Crippen LogP contribution in [0.1, 0.15) is 41.9 Å². The van der Waals surface area contributed by atoms with Crippen molar-refractivity contribution in [3.8, 4) is 0 Å². The van der Waals surface area contributed by atoms with Gasteiger partial charge in [0, 0.05) is 6.42 Å². The van der Waals surface area contributed by atoms with E-state index in [-0.39, 0.29) is 62.0 Å². The van der Waals surface area contributed by atoms with Gasteiger partial charge < -0.3 is 27.5 Å². The zero-order valence-electron chi connectivity index (χ0n) is 13.5. The fraction of sp³-hybridized carbons (Fsp3) is 1.00. The van der Waals surface area contributed by atoms with Crippen molar-refractivity contribution in [1.82, 2.24) is 0 Å². The van der Waals surface area contributed by atoms with E-state index >= 15 is 0 Å². The first kappa shape index (κ1) is 23.5. The van der Waals surface area contributed by atoms with Gasteiger partial charge in [-0.3, -0.25) is 9.13 Å².